The maximum atomic E-state index is 14.5. The Morgan fingerprint density at radius 2 is 1.41 bits per heavy atom. The molecule has 0 unspecified atom stereocenters. The number of carbonyl (C=O) groups is 2. The van der Waals surface area contributed by atoms with Crippen LogP contribution in [0.15, 0.2) is 36.4 Å². The lowest BCUT2D eigenvalue weighted by molar-refractivity contribution is 0.0696. The highest BCUT2D eigenvalue weighted by molar-refractivity contribution is 6.05. The summed E-state index contributed by atoms with van der Waals surface area (Å²) in [6.07, 6.45) is -0.568. The van der Waals surface area contributed by atoms with E-state index in [-0.39, 0.29) is 34.8 Å². The first kappa shape index (κ1) is 20.2. The molecule has 0 atom stereocenters. The van der Waals surface area contributed by atoms with E-state index in [1.807, 2.05) is 0 Å². The van der Waals surface area contributed by atoms with E-state index in [2.05, 4.69) is 5.32 Å². The number of benzene rings is 2. The van der Waals surface area contributed by atoms with Crippen LogP contribution in [0.5, 0.6) is 11.5 Å². The number of carboxylic acids is 1. The average Bonchev–Trinajstić information content (AvgIpc) is 2.57. The predicted octanol–water partition coefficient (Wildman–Crippen LogP) is 4.35. The summed E-state index contributed by atoms with van der Waals surface area (Å²) in [5.41, 5.74) is 0.673. The Balaban J connectivity index is 2.31. The summed E-state index contributed by atoms with van der Waals surface area (Å²) >= 11 is 0. The van der Waals surface area contributed by atoms with Crippen molar-refractivity contribution < 1.29 is 28.6 Å². The molecule has 0 aliphatic rings. The highest BCUT2D eigenvalue weighted by Crippen LogP contribution is 2.31. The van der Waals surface area contributed by atoms with Crippen molar-refractivity contribution in [2.75, 3.05) is 5.32 Å². The second-order valence-electron chi connectivity index (χ2n) is 6.46. The lowest BCUT2D eigenvalue weighted by Crippen LogP contribution is -2.15. The van der Waals surface area contributed by atoms with Gasteiger partial charge in [-0.2, -0.15) is 4.39 Å². The molecule has 0 fully saturated rings. The number of halogens is 1. The van der Waals surface area contributed by atoms with Gasteiger partial charge >= 0.3 is 5.97 Å². The topological polar surface area (TPSA) is 84.9 Å². The molecule has 0 aromatic heterocycles. The Morgan fingerprint density at radius 1 is 0.926 bits per heavy atom. The number of amides is 1. The smallest absolute Gasteiger partial charge is 0.335 e. The van der Waals surface area contributed by atoms with Crippen molar-refractivity contribution in [3.63, 3.8) is 0 Å². The minimum Gasteiger partial charge on any atom is -0.488 e. The molecule has 27 heavy (non-hydrogen) atoms. The number of carboxylic acid groups (broad SMARTS) is 1. The second kappa shape index (κ2) is 8.53. The maximum absolute atomic E-state index is 14.5. The van der Waals surface area contributed by atoms with Gasteiger partial charge in [0.15, 0.2) is 11.5 Å². The zero-order valence-corrected chi connectivity index (χ0v) is 15.6. The molecule has 0 aliphatic heterocycles. The molecule has 2 rings (SSSR count). The highest BCUT2D eigenvalue weighted by Gasteiger charge is 2.19. The lowest BCUT2D eigenvalue weighted by atomic mass is 10.1. The summed E-state index contributed by atoms with van der Waals surface area (Å²) in [5, 5.41) is 11.6. The Kier molecular flexibility index (Phi) is 6.39. The van der Waals surface area contributed by atoms with Gasteiger partial charge in [0.05, 0.1) is 17.8 Å². The molecule has 2 N–H and O–H groups in total. The summed E-state index contributed by atoms with van der Waals surface area (Å²) in [6.45, 7) is 7.00. The standard InChI is InChI=1S/C20H22FNO5/c1-11(2)26-16-9-14(10-17(18(16)21)27-12(3)4)19(23)22-15-7-5-13(6-8-15)20(24)25/h5-12H,1-4H3,(H,22,23)(H,24,25). The third-order valence-electron chi connectivity index (χ3n) is 3.38. The molecule has 0 bridgehead atoms. The molecule has 2 aromatic carbocycles. The van der Waals surface area contributed by atoms with Gasteiger partial charge in [-0.05, 0) is 64.1 Å². The van der Waals surface area contributed by atoms with Crippen molar-refractivity contribution in [3.8, 4) is 11.5 Å². The molecule has 144 valence electrons. The van der Waals surface area contributed by atoms with Gasteiger partial charge in [0, 0.05) is 11.3 Å². The first-order valence-electron chi connectivity index (χ1n) is 8.49. The molecule has 0 aliphatic carbocycles. The van der Waals surface area contributed by atoms with Crippen LogP contribution < -0.4 is 14.8 Å². The summed E-state index contributed by atoms with van der Waals surface area (Å²) in [5.74, 6) is -2.37. The number of hydrogen-bond acceptors (Lipinski definition) is 4. The Labute approximate surface area is 156 Å². The van der Waals surface area contributed by atoms with Gasteiger partial charge in [-0.1, -0.05) is 0 Å². The van der Waals surface area contributed by atoms with Crippen molar-refractivity contribution in [3.05, 3.63) is 53.3 Å². The van der Waals surface area contributed by atoms with E-state index in [9.17, 15) is 14.0 Å². The normalized spacial score (nSPS) is 10.8. The highest BCUT2D eigenvalue weighted by atomic mass is 19.1. The average molecular weight is 375 g/mol. The van der Waals surface area contributed by atoms with Crippen LogP contribution in [0.2, 0.25) is 0 Å². The van der Waals surface area contributed by atoms with Gasteiger partial charge in [-0.15, -0.1) is 0 Å². The Hall–Kier alpha value is -3.09. The minimum absolute atomic E-state index is 0.0745. The largest absolute Gasteiger partial charge is 0.488 e. The number of hydrogen-bond donors (Lipinski definition) is 2. The molecule has 6 nitrogen and oxygen atoms in total. The zero-order chi connectivity index (χ0) is 20.1. The predicted molar refractivity (Wildman–Crippen MR) is 99.3 cm³/mol. The van der Waals surface area contributed by atoms with Crippen LogP contribution in [0.4, 0.5) is 10.1 Å². The summed E-state index contributed by atoms with van der Waals surface area (Å²) in [7, 11) is 0. The van der Waals surface area contributed by atoms with Crippen LogP contribution in [0, 0.1) is 5.82 Å². The molecular formula is C20H22FNO5. The third kappa shape index (κ3) is 5.44. The van der Waals surface area contributed by atoms with Crippen molar-refractivity contribution >= 4 is 17.6 Å². The quantitative estimate of drug-likeness (QED) is 0.751. The van der Waals surface area contributed by atoms with Crippen molar-refractivity contribution in [2.24, 2.45) is 0 Å². The maximum Gasteiger partial charge on any atom is 0.335 e. The fourth-order valence-corrected chi connectivity index (χ4v) is 2.28. The molecule has 0 radical (unpaired) electrons. The first-order valence-corrected chi connectivity index (χ1v) is 8.49. The van der Waals surface area contributed by atoms with Crippen molar-refractivity contribution in [2.45, 2.75) is 39.9 Å². The second-order valence-corrected chi connectivity index (χ2v) is 6.46. The van der Waals surface area contributed by atoms with Crippen molar-refractivity contribution in [1.29, 1.82) is 0 Å². The number of anilines is 1. The zero-order valence-electron chi connectivity index (χ0n) is 15.6. The van der Waals surface area contributed by atoms with Crippen LogP contribution in [0.1, 0.15) is 48.4 Å². The molecule has 2 aromatic rings. The molecule has 0 saturated carbocycles. The van der Waals surface area contributed by atoms with Crippen LogP contribution in [-0.2, 0) is 0 Å². The van der Waals surface area contributed by atoms with Gasteiger partial charge < -0.3 is 19.9 Å². The van der Waals surface area contributed by atoms with Gasteiger partial charge in [0.1, 0.15) is 0 Å². The molecule has 0 heterocycles. The van der Waals surface area contributed by atoms with Crippen LogP contribution >= 0.6 is 0 Å². The monoisotopic (exact) mass is 375 g/mol. The van der Waals surface area contributed by atoms with Gasteiger partial charge in [0.25, 0.3) is 5.91 Å². The first-order chi connectivity index (χ1) is 12.7. The molecule has 0 spiro atoms. The summed E-state index contributed by atoms with van der Waals surface area (Å²) in [6, 6.07) is 8.32. The lowest BCUT2D eigenvalue weighted by Gasteiger charge is -2.17. The number of nitrogens with one attached hydrogen (secondary N) is 1. The fourth-order valence-electron chi connectivity index (χ4n) is 2.28. The molecular weight excluding hydrogens is 353 g/mol. The van der Waals surface area contributed by atoms with E-state index >= 15 is 0 Å². The number of ether oxygens (including phenoxy) is 2. The van der Waals surface area contributed by atoms with Gasteiger partial charge in [-0.3, -0.25) is 4.79 Å². The Bertz CT molecular complexity index is 800. The third-order valence-corrected chi connectivity index (χ3v) is 3.38. The number of rotatable bonds is 7. The fraction of sp³-hybridized carbons (Fsp3) is 0.300. The van der Waals surface area contributed by atoms with Crippen LogP contribution in [0.25, 0.3) is 0 Å². The Morgan fingerprint density at radius 3 is 1.81 bits per heavy atom. The molecule has 7 heteroatoms. The van der Waals surface area contributed by atoms with Gasteiger partial charge in [0.2, 0.25) is 5.82 Å². The van der Waals surface area contributed by atoms with Crippen LogP contribution in [-0.4, -0.2) is 29.2 Å². The van der Waals surface area contributed by atoms with Crippen LogP contribution in [0.3, 0.4) is 0 Å². The SMILES string of the molecule is CC(C)Oc1cc(C(=O)Nc2ccc(C(=O)O)cc2)cc(OC(C)C)c1F. The summed E-state index contributed by atoms with van der Waals surface area (Å²) in [4.78, 5) is 23.4. The van der Waals surface area contributed by atoms with E-state index in [1.165, 1.54) is 36.4 Å². The minimum atomic E-state index is -1.06. The van der Waals surface area contributed by atoms with E-state index in [0.29, 0.717) is 5.69 Å². The van der Waals surface area contributed by atoms with Gasteiger partial charge in [-0.25, -0.2) is 4.79 Å². The molecule has 0 saturated heterocycles. The van der Waals surface area contributed by atoms with E-state index in [1.54, 1.807) is 27.7 Å². The number of aromatic carboxylic acids is 1. The van der Waals surface area contributed by atoms with E-state index in [0.717, 1.165) is 0 Å². The van der Waals surface area contributed by atoms with E-state index < -0.39 is 17.7 Å². The molecule has 1 amide bonds. The summed E-state index contributed by atoms with van der Waals surface area (Å²) < 4.78 is 25.4. The number of carbonyl (C=O) groups excluding carboxylic acids is 1. The van der Waals surface area contributed by atoms with E-state index in [4.69, 9.17) is 14.6 Å². The van der Waals surface area contributed by atoms with Crippen molar-refractivity contribution in [1.82, 2.24) is 0 Å².